The maximum absolute atomic E-state index is 13.6. The third kappa shape index (κ3) is 1.67. The molecule has 110 valence electrons. The van der Waals surface area contributed by atoms with Crippen LogP contribution < -0.4 is 0 Å². The Morgan fingerprint density at radius 3 is 2.68 bits per heavy atom. The summed E-state index contributed by atoms with van der Waals surface area (Å²) in [5.41, 5.74) is 2.17. The van der Waals surface area contributed by atoms with Gasteiger partial charge in [0.2, 0.25) is 0 Å². The van der Waals surface area contributed by atoms with Gasteiger partial charge in [-0.15, -0.1) is 0 Å². The minimum absolute atomic E-state index is 0.251. The lowest BCUT2D eigenvalue weighted by Crippen LogP contribution is -2.25. The topological polar surface area (TPSA) is 38.1 Å². The molecule has 4 nitrogen and oxygen atoms in total. The first kappa shape index (κ1) is 12.9. The first-order valence-electron chi connectivity index (χ1n) is 6.78. The third-order valence-electron chi connectivity index (χ3n) is 3.89. The van der Waals surface area contributed by atoms with E-state index in [-0.39, 0.29) is 17.1 Å². The normalized spacial score (nSPS) is 14.0. The Morgan fingerprint density at radius 2 is 1.86 bits per heavy atom. The van der Waals surface area contributed by atoms with E-state index in [4.69, 9.17) is 0 Å². The lowest BCUT2D eigenvalue weighted by molar-refractivity contribution is 0.0783. The monoisotopic (exact) mass is 299 g/mol. The van der Waals surface area contributed by atoms with E-state index in [1.54, 1.807) is 11.9 Å². The molecule has 0 unspecified atom stereocenters. The average molecular weight is 299 g/mol. The molecule has 0 saturated carbocycles. The molecule has 0 bridgehead atoms. The van der Waals surface area contributed by atoms with Crippen molar-refractivity contribution in [2.24, 2.45) is 0 Å². The molecule has 0 radical (unpaired) electrons. The summed E-state index contributed by atoms with van der Waals surface area (Å²) in [6.45, 7) is 0.434. The van der Waals surface area contributed by atoms with Gasteiger partial charge in [-0.2, -0.15) is 5.10 Å². The zero-order valence-corrected chi connectivity index (χ0v) is 11.7. The Balaban J connectivity index is 2.14. The van der Waals surface area contributed by atoms with Gasteiger partial charge in [0.05, 0.1) is 11.2 Å². The van der Waals surface area contributed by atoms with Crippen LogP contribution in [0.1, 0.15) is 16.1 Å². The quantitative estimate of drug-likeness (QED) is 0.640. The van der Waals surface area contributed by atoms with E-state index in [0.717, 1.165) is 23.4 Å². The van der Waals surface area contributed by atoms with Gasteiger partial charge in [-0.05, 0) is 17.7 Å². The first-order chi connectivity index (χ1) is 10.6. The van der Waals surface area contributed by atoms with Crippen LogP contribution >= 0.6 is 0 Å². The Bertz CT molecular complexity index is 933. The van der Waals surface area contributed by atoms with Gasteiger partial charge in [0, 0.05) is 25.0 Å². The summed E-state index contributed by atoms with van der Waals surface area (Å²) in [5, 5.41) is 4.62. The molecule has 1 aliphatic rings. The van der Waals surface area contributed by atoms with Gasteiger partial charge in [0.1, 0.15) is 5.69 Å². The second-order valence-corrected chi connectivity index (χ2v) is 5.33. The Kier molecular flexibility index (Phi) is 2.57. The second kappa shape index (κ2) is 4.37. The summed E-state index contributed by atoms with van der Waals surface area (Å²) in [7, 11) is 1.67. The minimum Gasteiger partial charge on any atom is -0.336 e. The van der Waals surface area contributed by atoms with Crippen LogP contribution in [0, 0.1) is 11.6 Å². The Morgan fingerprint density at radius 1 is 1.14 bits per heavy atom. The fourth-order valence-electron chi connectivity index (χ4n) is 2.82. The van der Waals surface area contributed by atoms with Gasteiger partial charge in [-0.25, -0.2) is 13.5 Å². The number of rotatable bonds is 0. The molecule has 1 aromatic heterocycles. The summed E-state index contributed by atoms with van der Waals surface area (Å²) in [4.78, 5) is 14.2. The van der Waals surface area contributed by atoms with Crippen LogP contribution in [0.3, 0.4) is 0 Å². The van der Waals surface area contributed by atoms with Crippen LogP contribution in [0.15, 0.2) is 36.4 Å². The van der Waals surface area contributed by atoms with E-state index >= 15 is 0 Å². The van der Waals surface area contributed by atoms with Crippen LogP contribution in [-0.4, -0.2) is 27.6 Å². The van der Waals surface area contributed by atoms with Crippen LogP contribution in [0.5, 0.6) is 0 Å². The molecule has 0 N–H and O–H groups in total. The molecule has 22 heavy (non-hydrogen) atoms. The molecule has 1 amide bonds. The largest absolute Gasteiger partial charge is 0.336 e. The molecule has 1 aliphatic heterocycles. The summed E-state index contributed by atoms with van der Waals surface area (Å²) in [5.74, 6) is -2.24. The zero-order chi connectivity index (χ0) is 15.4. The van der Waals surface area contributed by atoms with Gasteiger partial charge >= 0.3 is 0 Å². The Hall–Kier alpha value is -2.76. The number of hydrogen-bond donors (Lipinski definition) is 0. The summed E-state index contributed by atoms with van der Waals surface area (Å²) < 4.78 is 28.5. The number of carbonyl (C=O) groups excluding carboxylic acids is 1. The maximum Gasteiger partial charge on any atom is 0.273 e. The van der Waals surface area contributed by atoms with Gasteiger partial charge in [0.15, 0.2) is 11.6 Å². The molecule has 3 aromatic rings. The van der Waals surface area contributed by atoms with E-state index in [9.17, 15) is 13.6 Å². The molecule has 2 heterocycles. The molecule has 0 saturated heterocycles. The van der Waals surface area contributed by atoms with Crippen molar-refractivity contribution in [2.75, 3.05) is 7.05 Å². The zero-order valence-electron chi connectivity index (χ0n) is 11.7. The highest BCUT2D eigenvalue weighted by Crippen LogP contribution is 2.29. The summed E-state index contributed by atoms with van der Waals surface area (Å²) in [6, 6.07) is 9.51. The number of carbonyl (C=O) groups is 1. The number of aromatic nitrogens is 2. The van der Waals surface area contributed by atoms with E-state index in [2.05, 4.69) is 5.10 Å². The molecule has 0 fully saturated rings. The Labute approximate surface area is 124 Å². The van der Waals surface area contributed by atoms with Crippen LogP contribution in [0.25, 0.3) is 16.6 Å². The highest BCUT2D eigenvalue weighted by Gasteiger charge is 2.28. The number of hydrogen-bond acceptors (Lipinski definition) is 2. The van der Waals surface area contributed by atoms with Gasteiger partial charge in [-0.3, -0.25) is 4.79 Å². The van der Waals surface area contributed by atoms with Crippen molar-refractivity contribution in [3.05, 3.63) is 59.3 Å². The van der Waals surface area contributed by atoms with Crippen LogP contribution in [0.4, 0.5) is 8.78 Å². The molecule has 0 aliphatic carbocycles. The number of halogens is 2. The fourth-order valence-corrected chi connectivity index (χ4v) is 2.82. The summed E-state index contributed by atoms with van der Waals surface area (Å²) >= 11 is 0. The minimum atomic E-state index is -0.990. The van der Waals surface area contributed by atoms with Crippen molar-refractivity contribution < 1.29 is 13.6 Å². The van der Waals surface area contributed by atoms with E-state index in [1.165, 1.54) is 4.68 Å². The van der Waals surface area contributed by atoms with Gasteiger partial charge in [0.25, 0.3) is 5.91 Å². The second-order valence-electron chi connectivity index (χ2n) is 5.33. The average Bonchev–Trinajstić information content (AvgIpc) is 2.80. The van der Waals surface area contributed by atoms with Crippen molar-refractivity contribution in [1.82, 2.24) is 14.7 Å². The standard InChI is InChI=1S/C16H11F2N3O/c1-20-8-9-4-2-3-5-14(9)21-15(16(20)22)10-6-11(17)12(18)7-13(10)19-21/h2-7H,8H2,1H3. The van der Waals surface area contributed by atoms with E-state index < -0.39 is 11.6 Å². The number of fused-ring (bicyclic) bond motifs is 5. The molecule has 2 aromatic carbocycles. The molecule has 0 atom stereocenters. The first-order valence-corrected chi connectivity index (χ1v) is 6.78. The van der Waals surface area contributed by atoms with E-state index in [0.29, 0.717) is 11.9 Å². The van der Waals surface area contributed by atoms with Crippen molar-refractivity contribution in [3.8, 4) is 5.69 Å². The highest BCUT2D eigenvalue weighted by atomic mass is 19.2. The van der Waals surface area contributed by atoms with Crippen LogP contribution in [0.2, 0.25) is 0 Å². The van der Waals surface area contributed by atoms with Crippen molar-refractivity contribution in [1.29, 1.82) is 0 Å². The summed E-state index contributed by atoms with van der Waals surface area (Å²) in [6.07, 6.45) is 0. The number of amides is 1. The van der Waals surface area contributed by atoms with Gasteiger partial charge in [-0.1, -0.05) is 18.2 Å². The SMILES string of the molecule is CN1Cc2ccccc2-n2nc3cc(F)c(F)cc3c2C1=O. The highest BCUT2D eigenvalue weighted by molar-refractivity contribution is 6.06. The van der Waals surface area contributed by atoms with Crippen molar-refractivity contribution >= 4 is 16.8 Å². The molecule has 6 heteroatoms. The fraction of sp³-hybridized carbons (Fsp3) is 0.125. The van der Waals surface area contributed by atoms with Crippen molar-refractivity contribution in [3.63, 3.8) is 0 Å². The predicted octanol–water partition coefficient (Wildman–Crippen LogP) is 2.89. The lowest BCUT2D eigenvalue weighted by atomic mass is 10.2. The van der Waals surface area contributed by atoms with Crippen LogP contribution in [-0.2, 0) is 6.54 Å². The third-order valence-corrected chi connectivity index (χ3v) is 3.89. The smallest absolute Gasteiger partial charge is 0.273 e. The number of nitrogens with zero attached hydrogens (tertiary/aromatic N) is 3. The predicted molar refractivity (Wildman–Crippen MR) is 76.8 cm³/mol. The molecular formula is C16H11F2N3O. The molecular weight excluding hydrogens is 288 g/mol. The number of para-hydroxylation sites is 1. The number of benzene rings is 2. The lowest BCUT2D eigenvalue weighted by Gasteiger charge is -2.13. The molecule has 4 rings (SSSR count). The van der Waals surface area contributed by atoms with E-state index in [1.807, 2.05) is 24.3 Å². The maximum atomic E-state index is 13.6. The molecule has 0 spiro atoms. The van der Waals surface area contributed by atoms with Crippen molar-refractivity contribution in [2.45, 2.75) is 6.54 Å². The van der Waals surface area contributed by atoms with Gasteiger partial charge < -0.3 is 4.90 Å².